The van der Waals surface area contributed by atoms with Crippen LogP contribution in [0.3, 0.4) is 0 Å². The molecule has 0 saturated heterocycles. The van der Waals surface area contributed by atoms with Gasteiger partial charge >= 0.3 is 0 Å². The van der Waals surface area contributed by atoms with Crippen molar-refractivity contribution in [2.75, 3.05) is 0 Å². The summed E-state index contributed by atoms with van der Waals surface area (Å²) in [4.78, 5) is 0. The maximum atomic E-state index is 3.58. The fourth-order valence-corrected chi connectivity index (χ4v) is 4.88. The molecule has 0 unspecified atom stereocenters. The van der Waals surface area contributed by atoms with Gasteiger partial charge in [0.05, 0.1) is 0 Å². The van der Waals surface area contributed by atoms with Crippen LogP contribution in [0, 0.1) is 0 Å². The Morgan fingerprint density at radius 3 is 0.825 bits per heavy atom. The second-order valence-electron chi connectivity index (χ2n) is 9.62. The smallest absolute Gasteiger partial charge is 0.0393 e. The van der Waals surface area contributed by atoms with E-state index in [2.05, 4.69) is 157 Å². The van der Waals surface area contributed by atoms with E-state index in [9.17, 15) is 0 Å². The van der Waals surface area contributed by atoms with E-state index in [0.717, 1.165) is 33.4 Å². The Bertz CT molecular complexity index is 1640. The zero-order valence-electron chi connectivity index (χ0n) is 22.2. The highest BCUT2D eigenvalue weighted by Gasteiger charge is 2.08. The van der Waals surface area contributed by atoms with Crippen molar-refractivity contribution >= 4 is 11.1 Å². The summed E-state index contributed by atoms with van der Waals surface area (Å²) in [6, 6.07) is 59.3. The minimum absolute atomic E-state index is 1.01. The third kappa shape index (κ3) is 5.70. The van der Waals surface area contributed by atoms with Gasteiger partial charge in [-0.15, -0.1) is 0 Å². The first-order valence-electron chi connectivity index (χ1n) is 13.5. The topological polar surface area (TPSA) is 0 Å². The van der Waals surface area contributed by atoms with Gasteiger partial charge in [0.2, 0.25) is 0 Å². The molecular weight excluding hydrogens is 480 g/mol. The fourth-order valence-electron chi connectivity index (χ4n) is 4.88. The fraction of sp³-hybridized carbons (Fsp3) is 0. The van der Waals surface area contributed by atoms with Crippen LogP contribution < -0.4 is 0 Å². The second-order valence-corrected chi connectivity index (χ2v) is 9.62. The summed E-state index contributed by atoms with van der Waals surface area (Å²) in [6.45, 7) is 0. The van der Waals surface area contributed by atoms with Crippen LogP contribution >= 0.6 is 0 Å². The molecule has 0 aliphatic carbocycles. The molecule has 6 aromatic carbocycles. The van der Waals surface area contributed by atoms with Crippen LogP contribution in [0.25, 0.3) is 33.4 Å². The lowest BCUT2D eigenvalue weighted by Crippen LogP contribution is -1.88. The third-order valence-electron chi connectivity index (χ3n) is 7.00. The standard InChI is InChI=1S/C40H28/c1-5-13-31(14-6-1)33-21-25-37(26-22-33)39(35-17-9-3-10-18-35)29-30-40(36-19-11-4-12-20-36)38-27-23-34(24-28-38)32-15-7-2-8-16-32/h1-28H. The molecule has 0 spiro atoms. The lowest BCUT2D eigenvalue weighted by atomic mass is 9.94. The average molecular weight is 509 g/mol. The van der Waals surface area contributed by atoms with Gasteiger partial charge in [-0.1, -0.05) is 181 Å². The highest BCUT2D eigenvalue weighted by atomic mass is 14.1. The summed E-state index contributed by atoms with van der Waals surface area (Å²) in [5, 5.41) is 0. The van der Waals surface area contributed by atoms with Gasteiger partial charge in [-0.3, -0.25) is 0 Å². The Morgan fingerprint density at radius 1 is 0.250 bits per heavy atom. The van der Waals surface area contributed by atoms with E-state index >= 15 is 0 Å². The van der Waals surface area contributed by atoms with E-state index in [1.807, 2.05) is 24.3 Å². The highest BCUT2D eigenvalue weighted by molar-refractivity contribution is 5.84. The Labute approximate surface area is 236 Å². The summed E-state index contributed by atoms with van der Waals surface area (Å²) in [5.41, 5.74) is 18.4. The molecule has 0 fully saturated rings. The largest absolute Gasteiger partial charge is 0.0622 e. The molecule has 6 aromatic rings. The minimum Gasteiger partial charge on any atom is -0.0622 e. The Hall–Kier alpha value is -5.38. The van der Waals surface area contributed by atoms with Gasteiger partial charge in [0.1, 0.15) is 0 Å². The number of benzene rings is 6. The molecule has 40 heavy (non-hydrogen) atoms. The van der Waals surface area contributed by atoms with Gasteiger partial charge in [0, 0.05) is 11.1 Å². The van der Waals surface area contributed by atoms with Crippen molar-refractivity contribution in [3.8, 4) is 22.3 Å². The molecule has 0 aliphatic rings. The van der Waals surface area contributed by atoms with Crippen molar-refractivity contribution in [1.82, 2.24) is 0 Å². The van der Waals surface area contributed by atoms with Gasteiger partial charge in [-0.2, -0.15) is 0 Å². The summed E-state index contributed by atoms with van der Waals surface area (Å²) < 4.78 is 0. The van der Waals surface area contributed by atoms with Crippen molar-refractivity contribution in [2.24, 2.45) is 0 Å². The first-order valence-corrected chi connectivity index (χ1v) is 13.5. The van der Waals surface area contributed by atoms with Crippen LogP contribution in [0.1, 0.15) is 22.3 Å². The molecule has 188 valence electrons. The summed E-state index contributed by atoms with van der Waals surface area (Å²) >= 11 is 0. The van der Waals surface area contributed by atoms with E-state index in [-0.39, 0.29) is 0 Å². The predicted octanol–water partition coefficient (Wildman–Crippen LogP) is 10.3. The van der Waals surface area contributed by atoms with Crippen LogP contribution in [-0.2, 0) is 0 Å². The first kappa shape index (κ1) is 24.9. The van der Waals surface area contributed by atoms with Crippen molar-refractivity contribution in [3.63, 3.8) is 0 Å². The van der Waals surface area contributed by atoms with Crippen molar-refractivity contribution in [2.45, 2.75) is 0 Å². The molecule has 0 aliphatic heterocycles. The van der Waals surface area contributed by atoms with Crippen molar-refractivity contribution < 1.29 is 0 Å². The molecule has 0 aromatic heterocycles. The van der Waals surface area contributed by atoms with Crippen molar-refractivity contribution in [3.05, 3.63) is 204 Å². The van der Waals surface area contributed by atoms with Gasteiger partial charge in [0.15, 0.2) is 0 Å². The number of hydrogen-bond donors (Lipinski definition) is 0. The Kier molecular flexibility index (Phi) is 7.47. The molecule has 0 bridgehead atoms. The molecule has 0 saturated carbocycles. The predicted molar refractivity (Wildman–Crippen MR) is 169 cm³/mol. The third-order valence-corrected chi connectivity index (χ3v) is 7.00. The highest BCUT2D eigenvalue weighted by Crippen LogP contribution is 2.28. The second kappa shape index (κ2) is 12.0. The van der Waals surface area contributed by atoms with Gasteiger partial charge in [-0.25, -0.2) is 0 Å². The summed E-state index contributed by atoms with van der Waals surface area (Å²) in [6.07, 6.45) is 0. The van der Waals surface area contributed by atoms with E-state index < -0.39 is 0 Å². The molecular formula is C40H28. The zero-order chi connectivity index (χ0) is 27.0. The lowest BCUT2D eigenvalue weighted by Gasteiger charge is -2.09. The van der Waals surface area contributed by atoms with Crippen LogP contribution in [0.5, 0.6) is 0 Å². The SMILES string of the molecule is C(=C=C(c1ccccc1)c1ccc(-c2ccccc2)cc1)=C(c1ccccc1)c1ccc(-c2ccccc2)cc1. The average Bonchev–Trinajstić information content (AvgIpc) is 3.05. The Balaban J connectivity index is 1.50. The number of rotatable bonds is 6. The molecule has 0 radical (unpaired) electrons. The maximum absolute atomic E-state index is 3.58. The number of hydrogen-bond acceptors (Lipinski definition) is 0. The van der Waals surface area contributed by atoms with E-state index in [1.165, 1.54) is 22.3 Å². The lowest BCUT2D eigenvalue weighted by molar-refractivity contribution is 1.53. The molecule has 0 heteroatoms. The molecule has 6 rings (SSSR count). The summed E-state index contributed by atoms with van der Waals surface area (Å²) in [7, 11) is 0. The molecule has 0 N–H and O–H groups in total. The van der Waals surface area contributed by atoms with Gasteiger partial charge in [0.25, 0.3) is 0 Å². The Morgan fingerprint density at radius 2 is 0.500 bits per heavy atom. The van der Waals surface area contributed by atoms with Crippen molar-refractivity contribution in [1.29, 1.82) is 0 Å². The van der Waals surface area contributed by atoms with E-state index in [4.69, 9.17) is 0 Å². The van der Waals surface area contributed by atoms with Gasteiger partial charge in [-0.05, 0) is 44.5 Å². The molecule has 0 atom stereocenters. The molecule has 0 heterocycles. The van der Waals surface area contributed by atoms with E-state index in [1.54, 1.807) is 0 Å². The van der Waals surface area contributed by atoms with E-state index in [0.29, 0.717) is 0 Å². The van der Waals surface area contributed by atoms with Crippen LogP contribution in [0.15, 0.2) is 181 Å². The summed E-state index contributed by atoms with van der Waals surface area (Å²) in [5.74, 6) is 0. The first-order chi connectivity index (χ1) is 19.8. The minimum atomic E-state index is 1.01. The monoisotopic (exact) mass is 508 g/mol. The quantitative estimate of drug-likeness (QED) is 0.196. The normalized spacial score (nSPS) is 10.3. The zero-order valence-corrected chi connectivity index (χ0v) is 22.2. The molecule has 0 nitrogen and oxygen atoms in total. The van der Waals surface area contributed by atoms with Gasteiger partial charge < -0.3 is 0 Å². The van der Waals surface area contributed by atoms with Crippen LogP contribution in [-0.4, -0.2) is 0 Å². The van der Waals surface area contributed by atoms with Crippen LogP contribution in [0.4, 0.5) is 0 Å². The molecule has 0 amide bonds. The van der Waals surface area contributed by atoms with Crippen LogP contribution in [0.2, 0.25) is 0 Å². The maximum Gasteiger partial charge on any atom is 0.0393 e.